The van der Waals surface area contributed by atoms with Crippen molar-refractivity contribution in [1.29, 1.82) is 0 Å². The van der Waals surface area contributed by atoms with Crippen LogP contribution in [-0.2, 0) is 11.2 Å². The monoisotopic (exact) mass is 604 g/mol. The fraction of sp³-hybridized carbons (Fsp3) is 0.625. The molecular weight excluding hydrogens is 544 g/mol. The van der Waals surface area contributed by atoms with Gasteiger partial charge in [0.2, 0.25) is 0 Å². The minimum atomic E-state index is -0.292. The predicted octanol–water partition coefficient (Wildman–Crippen LogP) is 11.2. The van der Waals surface area contributed by atoms with E-state index < -0.39 is 0 Å². The lowest BCUT2D eigenvalue weighted by atomic mass is 9.83. The Balaban J connectivity index is 1.61. The highest BCUT2D eigenvalue weighted by atomic mass is 16.5. The van der Waals surface area contributed by atoms with Gasteiger partial charge in [-0.25, -0.2) is 4.79 Å². The molecule has 4 heteroatoms. The van der Waals surface area contributed by atoms with Gasteiger partial charge in [-0.05, 0) is 100.0 Å². The van der Waals surface area contributed by atoms with Crippen LogP contribution in [0.15, 0.2) is 24.3 Å². The average molecular weight is 605 g/mol. The number of carbonyl (C=O) groups is 1. The van der Waals surface area contributed by atoms with Crippen LogP contribution in [0.2, 0.25) is 0 Å². The van der Waals surface area contributed by atoms with Crippen LogP contribution in [0.1, 0.15) is 144 Å². The zero-order valence-corrected chi connectivity index (χ0v) is 29.3. The number of methoxy groups -OCH3 is 1. The largest absolute Gasteiger partial charge is 0.496 e. The Morgan fingerprint density at radius 2 is 1.52 bits per heavy atom. The van der Waals surface area contributed by atoms with Gasteiger partial charge < -0.3 is 14.2 Å². The maximum absolute atomic E-state index is 12.0. The molecule has 2 aromatic carbocycles. The molecule has 4 nitrogen and oxygen atoms in total. The fourth-order valence-corrected chi connectivity index (χ4v) is 6.64. The zero-order valence-electron chi connectivity index (χ0n) is 29.3. The van der Waals surface area contributed by atoms with E-state index in [0.29, 0.717) is 12.2 Å². The highest BCUT2D eigenvalue weighted by Gasteiger charge is 2.34. The number of benzene rings is 2. The smallest absolute Gasteiger partial charge is 0.338 e. The molecule has 0 radical (unpaired) electrons. The molecule has 0 bridgehead atoms. The first-order chi connectivity index (χ1) is 21.0. The van der Waals surface area contributed by atoms with Crippen LogP contribution in [0, 0.1) is 31.6 Å². The molecule has 3 rings (SSSR count). The lowest BCUT2D eigenvalue weighted by Crippen LogP contribution is -2.37. The Bertz CT molecular complexity index is 1230. The summed E-state index contributed by atoms with van der Waals surface area (Å²) in [4.78, 5) is 12.0. The van der Waals surface area contributed by atoms with Crippen LogP contribution in [0.5, 0.6) is 11.5 Å². The molecule has 0 fully saturated rings. The molecule has 44 heavy (non-hydrogen) atoms. The molecule has 1 heterocycles. The van der Waals surface area contributed by atoms with Gasteiger partial charge in [-0.3, -0.25) is 0 Å². The quantitative estimate of drug-likeness (QED) is 0.133. The SMILES string of the molecule is CCOC(=O)c1ccc(/C=C/c2c3c(c(C)c(C)c2OC)OC(C)(CCCC(C)CCCC(C)CCCC(C)C)CC3)cc1. The predicted molar refractivity (Wildman–Crippen MR) is 186 cm³/mol. The number of fused-ring (bicyclic) bond motifs is 1. The first-order valence-corrected chi connectivity index (χ1v) is 17.3. The molecule has 0 amide bonds. The Morgan fingerprint density at radius 3 is 2.11 bits per heavy atom. The number of hydrogen-bond acceptors (Lipinski definition) is 4. The lowest BCUT2D eigenvalue weighted by Gasteiger charge is -2.38. The van der Waals surface area contributed by atoms with Gasteiger partial charge in [0.25, 0.3) is 0 Å². The first-order valence-electron chi connectivity index (χ1n) is 17.3. The summed E-state index contributed by atoms with van der Waals surface area (Å²) in [5.74, 6) is 4.12. The molecule has 0 aromatic heterocycles. The number of rotatable bonds is 17. The second-order valence-electron chi connectivity index (χ2n) is 14.1. The Labute approximate surface area is 269 Å². The molecule has 3 atom stereocenters. The molecule has 0 N–H and O–H groups in total. The fourth-order valence-electron chi connectivity index (χ4n) is 6.64. The van der Waals surface area contributed by atoms with E-state index in [1.807, 2.05) is 31.2 Å². The van der Waals surface area contributed by atoms with Crippen molar-refractivity contribution in [3.05, 3.63) is 57.6 Å². The first kappa shape index (κ1) is 35.7. The van der Waals surface area contributed by atoms with Gasteiger partial charge in [-0.2, -0.15) is 0 Å². The molecule has 0 saturated heterocycles. The summed E-state index contributed by atoms with van der Waals surface area (Å²) in [6.45, 7) is 18.3. The number of hydrogen-bond donors (Lipinski definition) is 0. The third kappa shape index (κ3) is 10.1. The van der Waals surface area contributed by atoms with Gasteiger partial charge in [-0.1, -0.05) is 96.9 Å². The lowest BCUT2D eigenvalue weighted by molar-refractivity contribution is 0.0511. The van der Waals surface area contributed by atoms with Crippen LogP contribution in [0.4, 0.5) is 0 Å². The van der Waals surface area contributed by atoms with Gasteiger partial charge in [0.15, 0.2) is 0 Å². The molecule has 1 aliphatic heterocycles. The minimum Gasteiger partial charge on any atom is -0.496 e. The van der Waals surface area contributed by atoms with Gasteiger partial charge in [0.05, 0.1) is 19.3 Å². The highest BCUT2D eigenvalue weighted by molar-refractivity contribution is 5.90. The summed E-state index contributed by atoms with van der Waals surface area (Å²) < 4.78 is 18.0. The molecule has 2 aromatic rings. The molecule has 0 spiro atoms. The van der Waals surface area contributed by atoms with Crippen LogP contribution < -0.4 is 9.47 Å². The molecule has 1 aliphatic rings. The van der Waals surface area contributed by atoms with E-state index in [1.165, 1.54) is 62.5 Å². The van der Waals surface area contributed by atoms with Gasteiger partial charge >= 0.3 is 5.97 Å². The number of ether oxygens (including phenoxy) is 3. The summed E-state index contributed by atoms with van der Waals surface area (Å²) >= 11 is 0. The highest BCUT2D eigenvalue weighted by Crippen LogP contribution is 2.46. The standard InChI is InChI=1S/C40H60O4/c1-10-43-39(41)34-22-19-33(20-23-34)21-24-35-36-25-27-40(8,44-38(36)32(7)31(6)37(35)42-9)26-13-18-30(5)17-12-16-29(4)15-11-14-28(2)3/h19-24,28-30H,10-18,25-27H2,1-9H3/b24-21+. The minimum absolute atomic E-state index is 0.145. The average Bonchev–Trinajstić information content (AvgIpc) is 2.98. The van der Waals surface area contributed by atoms with E-state index >= 15 is 0 Å². The van der Waals surface area contributed by atoms with Crippen molar-refractivity contribution in [3.63, 3.8) is 0 Å². The Hall–Kier alpha value is -2.75. The van der Waals surface area contributed by atoms with E-state index in [-0.39, 0.29) is 11.6 Å². The molecule has 0 aliphatic carbocycles. The molecular formula is C40H60O4. The third-order valence-corrected chi connectivity index (χ3v) is 9.68. The maximum atomic E-state index is 12.0. The van der Waals surface area contributed by atoms with E-state index in [0.717, 1.165) is 65.2 Å². The van der Waals surface area contributed by atoms with Crippen LogP contribution in [0.25, 0.3) is 12.2 Å². The Morgan fingerprint density at radius 1 is 0.909 bits per heavy atom. The third-order valence-electron chi connectivity index (χ3n) is 9.68. The van der Waals surface area contributed by atoms with Crippen molar-refractivity contribution in [3.8, 4) is 11.5 Å². The second-order valence-corrected chi connectivity index (χ2v) is 14.1. The zero-order chi connectivity index (χ0) is 32.3. The summed E-state index contributed by atoms with van der Waals surface area (Å²) in [7, 11) is 1.75. The summed E-state index contributed by atoms with van der Waals surface area (Å²) in [6.07, 6.45) is 18.0. The maximum Gasteiger partial charge on any atom is 0.338 e. The summed E-state index contributed by atoms with van der Waals surface area (Å²) in [5, 5.41) is 0. The number of carbonyl (C=O) groups excluding carboxylic acids is 1. The topological polar surface area (TPSA) is 44.8 Å². The second kappa shape index (κ2) is 17.1. The van der Waals surface area contributed by atoms with Crippen molar-refractivity contribution in [2.75, 3.05) is 13.7 Å². The molecule has 244 valence electrons. The molecule has 0 saturated carbocycles. The molecule has 3 unspecified atom stereocenters. The van der Waals surface area contributed by atoms with Crippen LogP contribution in [0.3, 0.4) is 0 Å². The van der Waals surface area contributed by atoms with Crippen molar-refractivity contribution in [2.24, 2.45) is 17.8 Å². The van der Waals surface area contributed by atoms with Crippen LogP contribution >= 0.6 is 0 Å². The van der Waals surface area contributed by atoms with Crippen molar-refractivity contribution >= 4 is 18.1 Å². The summed E-state index contributed by atoms with van der Waals surface area (Å²) in [5.41, 5.74) is 6.06. The van der Waals surface area contributed by atoms with E-state index in [4.69, 9.17) is 14.2 Å². The summed E-state index contributed by atoms with van der Waals surface area (Å²) in [6, 6.07) is 7.53. The van der Waals surface area contributed by atoms with Crippen molar-refractivity contribution in [1.82, 2.24) is 0 Å². The van der Waals surface area contributed by atoms with E-state index in [1.54, 1.807) is 7.11 Å². The van der Waals surface area contributed by atoms with Gasteiger partial charge in [0, 0.05) is 11.1 Å². The normalized spacial score (nSPS) is 17.8. The van der Waals surface area contributed by atoms with Crippen molar-refractivity contribution < 1.29 is 19.0 Å². The van der Waals surface area contributed by atoms with Crippen LogP contribution in [-0.4, -0.2) is 25.3 Å². The number of esters is 1. The van der Waals surface area contributed by atoms with E-state index in [9.17, 15) is 4.79 Å². The van der Waals surface area contributed by atoms with E-state index in [2.05, 4.69) is 60.6 Å². The van der Waals surface area contributed by atoms with Gasteiger partial charge in [0.1, 0.15) is 17.1 Å². The Kier molecular flexibility index (Phi) is 13.9. The van der Waals surface area contributed by atoms with Gasteiger partial charge in [-0.15, -0.1) is 0 Å². The van der Waals surface area contributed by atoms with Crippen molar-refractivity contribution in [2.45, 2.75) is 132 Å².